The molecule has 3 heteroatoms. The maximum atomic E-state index is 14.5. The Morgan fingerprint density at radius 3 is 0.729 bits per heavy atom. The standard InChI is InChI=1S/C56H110O3/c1-5-9-13-17-21-24-26-28-30-32-35-38-42-46-50-53(52(48-44-40-20-16-12-8-4)49-45-41-37-34-23-19-15-11-7-3)55(57)54(56(58)59)51-47-43-39-36-33-31-29-27-25-22-18-14-10-6-2/h52-54H,5-51H2,1-4H3,(H,58,59). The zero-order valence-electron chi connectivity index (χ0n) is 41.2. The fourth-order valence-corrected chi connectivity index (χ4v) is 9.81. The molecule has 59 heavy (non-hydrogen) atoms. The van der Waals surface area contributed by atoms with E-state index in [-0.39, 0.29) is 11.7 Å². The summed E-state index contributed by atoms with van der Waals surface area (Å²) in [7, 11) is 0. The second kappa shape index (κ2) is 48.2. The van der Waals surface area contributed by atoms with Crippen LogP contribution in [0.15, 0.2) is 0 Å². The molecular formula is C56H110O3. The highest BCUT2D eigenvalue weighted by Crippen LogP contribution is 2.34. The van der Waals surface area contributed by atoms with Gasteiger partial charge in [-0.2, -0.15) is 0 Å². The van der Waals surface area contributed by atoms with Crippen LogP contribution in [-0.2, 0) is 9.59 Å². The van der Waals surface area contributed by atoms with Gasteiger partial charge >= 0.3 is 5.97 Å². The molecule has 0 heterocycles. The van der Waals surface area contributed by atoms with E-state index in [1.54, 1.807) is 0 Å². The third-order valence-electron chi connectivity index (χ3n) is 13.9. The van der Waals surface area contributed by atoms with E-state index < -0.39 is 11.9 Å². The molecule has 0 saturated carbocycles. The number of carbonyl (C=O) groups is 2. The van der Waals surface area contributed by atoms with E-state index in [1.165, 1.54) is 257 Å². The monoisotopic (exact) mass is 831 g/mol. The average molecular weight is 831 g/mol. The Balaban J connectivity index is 5.18. The molecule has 0 aromatic rings. The maximum Gasteiger partial charge on any atom is 0.314 e. The third-order valence-corrected chi connectivity index (χ3v) is 13.9. The number of carboxylic acid groups (broad SMARTS) is 1. The first kappa shape index (κ1) is 58.1. The van der Waals surface area contributed by atoms with E-state index in [0.717, 1.165) is 38.5 Å². The molecule has 0 aromatic carbocycles. The van der Waals surface area contributed by atoms with Gasteiger partial charge in [0, 0.05) is 5.92 Å². The number of Topliss-reactive ketones (excluding diaryl/α,β-unsaturated/α-hetero) is 1. The molecule has 3 nitrogen and oxygen atoms in total. The molecule has 1 N–H and O–H groups in total. The van der Waals surface area contributed by atoms with Crippen molar-refractivity contribution < 1.29 is 14.7 Å². The Hall–Kier alpha value is -0.860. The van der Waals surface area contributed by atoms with E-state index in [9.17, 15) is 14.7 Å². The second-order valence-electron chi connectivity index (χ2n) is 19.6. The van der Waals surface area contributed by atoms with Crippen LogP contribution >= 0.6 is 0 Å². The minimum Gasteiger partial charge on any atom is -0.481 e. The number of hydrogen-bond donors (Lipinski definition) is 1. The molecule has 0 saturated heterocycles. The lowest BCUT2D eigenvalue weighted by molar-refractivity contribution is -0.148. The van der Waals surface area contributed by atoms with E-state index in [0.29, 0.717) is 12.3 Å². The molecule has 3 atom stereocenters. The summed E-state index contributed by atoms with van der Waals surface area (Å²) in [5.74, 6) is -1.26. The number of ketones is 1. The van der Waals surface area contributed by atoms with Gasteiger partial charge in [0.2, 0.25) is 0 Å². The molecule has 0 radical (unpaired) electrons. The quantitative estimate of drug-likeness (QED) is 0.0491. The van der Waals surface area contributed by atoms with Crippen molar-refractivity contribution >= 4 is 11.8 Å². The molecule has 0 aromatic heterocycles. The normalized spacial score (nSPS) is 13.2. The van der Waals surface area contributed by atoms with Gasteiger partial charge in [-0.05, 0) is 31.6 Å². The van der Waals surface area contributed by atoms with Crippen LogP contribution in [0.1, 0.15) is 329 Å². The second-order valence-corrected chi connectivity index (χ2v) is 19.6. The average Bonchev–Trinajstić information content (AvgIpc) is 3.23. The van der Waals surface area contributed by atoms with Gasteiger partial charge in [-0.3, -0.25) is 9.59 Å². The van der Waals surface area contributed by atoms with Crippen molar-refractivity contribution in [2.24, 2.45) is 17.8 Å². The summed E-state index contributed by atoms with van der Waals surface area (Å²) in [4.78, 5) is 27.3. The SMILES string of the molecule is CCCCCCCCCCCCCCCCC(C(=O)O)C(=O)C(CCCCCCCCCCCCCCCC)C(CCCCCCCC)CCCCCCCCCCC. The summed E-state index contributed by atoms with van der Waals surface area (Å²) < 4.78 is 0. The Morgan fingerprint density at radius 1 is 0.288 bits per heavy atom. The van der Waals surface area contributed by atoms with E-state index in [1.807, 2.05) is 0 Å². The summed E-state index contributed by atoms with van der Waals surface area (Å²) in [5, 5.41) is 10.5. The summed E-state index contributed by atoms with van der Waals surface area (Å²) in [6.07, 6.45) is 60.1. The Morgan fingerprint density at radius 2 is 0.492 bits per heavy atom. The zero-order chi connectivity index (χ0) is 43.1. The van der Waals surface area contributed by atoms with Crippen LogP contribution in [-0.4, -0.2) is 16.9 Å². The van der Waals surface area contributed by atoms with Crippen molar-refractivity contribution in [1.82, 2.24) is 0 Å². The Labute approximate surface area is 372 Å². The van der Waals surface area contributed by atoms with Gasteiger partial charge in [0.05, 0.1) is 0 Å². The molecule has 3 unspecified atom stereocenters. The molecule has 0 aliphatic carbocycles. The predicted octanol–water partition coefficient (Wildman–Crippen LogP) is 19.9. The smallest absolute Gasteiger partial charge is 0.314 e. The van der Waals surface area contributed by atoms with Gasteiger partial charge in [0.15, 0.2) is 0 Å². The molecule has 0 fully saturated rings. The van der Waals surface area contributed by atoms with Gasteiger partial charge in [-0.1, -0.05) is 304 Å². The number of carbonyl (C=O) groups excluding carboxylic acids is 1. The van der Waals surface area contributed by atoms with Crippen LogP contribution < -0.4 is 0 Å². The van der Waals surface area contributed by atoms with Crippen LogP contribution in [0.4, 0.5) is 0 Å². The molecule has 0 aliphatic heterocycles. The predicted molar refractivity (Wildman–Crippen MR) is 263 cm³/mol. The van der Waals surface area contributed by atoms with Crippen molar-refractivity contribution in [2.45, 2.75) is 329 Å². The molecule has 0 bridgehead atoms. The summed E-state index contributed by atoms with van der Waals surface area (Å²) in [6.45, 7) is 9.15. The van der Waals surface area contributed by atoms with E-state index >= 15 is 0 Å². The number of rotatable bonds is 51. The molecule has 0 amide bonds. The summed E-state index contributed by atoms with van der Waals surface area (Å²) in [5.41, 5.74) is 0. The number of carboxylic acids is 1. The van der Waals surface area contributed by atoms with Crippen molar-refractivity contribution in [2.75, 3.05) is 0 Å². The first-order chi connectivity index (χ1) is 29.0. The van der Waals surface area contributed by atoms with Crippen LogP contribution in [0.5, 0.6) is 0 Å². The molecule has 0 spiro atoms. The summed E-state index contributed by atoms with van der Waals surface area (Å²) >= 11 is 0. The van der Waals surface area contributed by atoms with Crippen molar-refractivity contribution in [3.8, 4) is 0 Å². The molecule has 0 aliphatic rings. The maximum absolute atomic E-state index is 14.5. The summed E-state index contributed by atoms with van der Waals surface area (Å²) in [6, 6.07) is 0. The van der Waals surface area contributed by atoms with Crippen LogP contribution in [0.2, 0.25) is 0 Å². The van der Waals surface area contributed by atoms with Crippen molar-refractivity contribution in [1.29, 1.82) is 0 Å². The van der Waals surface area contributed by atoms with E-state index in [2.05, 4.69) is 27.7 Å². The van der Waals surface area contributed by atoms with Gasteiger partial charge in [-0.25, -0.2) is 0 Å². The van der Waals surface area contributed by atoms with Crippen LogP contribution in [0.25, 0.3) is 0 Å². The van der Waals surface area contributed by atoms with Gasteiger partial charge in [0.1, 0.15) is 11.7 Å². The molecule has 0 rings (SSSR count). The minimum absolute atomic E-state index is 0.0650. The van der Waals surface area contributed by atoms with Crippen molar-refractivity contribution in [3.63, 3.8) is 0 Å². The van der Waals surface area contributed by atoms with Crippen LogP contribution in [0, 0.1) is 17.8 Å². The highest BCUT2D eigenvalue weighted by atomic mass is 16.4. The fraction of sp³-hybridized carbons (Fsp3) is 0.964. The largest absolute Gasteiger partial charge is 0.481 e. The highest BCUT2D eigenvalue weighted by molar-refractivity contribution is 5.99. The van der Waals surface area contributed by atoms with Crippen LogP contribution in [0.3, 0.4) is 0 Å². The Bertz CT molecular complexity index is 837. The lowest BCUT2D eigenvalue weighted by atomic mass is 9.74. The van der Waals surface area contributed by atoms with E-state index in [4.69, 9.17) is 0 Å². The van der Waals surface area contributed by atoms with Gasteiger partial charge in [-0.15, -0.1) is 0 Å². The first-order valence-electron chi connectivity index (χ1n) is 27.8. The lowest BCUT2D eigenvalue weighted by Crippen LogP contribution is -2.34. The lowest BCUT2D eigenvalue weighted by Gasteiger charge is -2.29. The number of unbranched alkanes of at least 4 members (excludes halogenated alkanes) is 39. The number of hydrogen-bond acceptors (Lipinski definition) is 2. The highest BCUT2D eigenvalue weighted by Gasteiger charge is 2.35. The Kier molecular flexibility index (Phi) is 47.5. The molecular weight excluding hydrogens is 721 g/mol. The fourth-order valence-electron chi connectivity index (χ4n) is 9.81. The zero-order valence-corrected chi connectivity index (χ0v) is 41.2. The topological polar surface area (TPSA) is 54.4 Å². The minimum atomic E-state index is -0.850. The molecule has 352 valence electrons. The number of aliphatic carboxylic acids is 1. The van der Waals surface area contributed by atoms with Gasteiger partial charge in [0.25, 0.3) is 0 Å². The first-order valence-corrected chi connectivity index (χ1v) is 27.8. The van der Waals surface area contributed by atoms with Gasteiger partial charge < -0.3 is 5.11 Å². The third kappa shape index (κ3) is 39.7. The van der Waals surface area contributed by atoms with Crippen molar-refractivity contribution in [3.05, 3.63) is 0 Å².